The summed E-state index contributed by atoms with van der Waals surface area (Å²) >= 11 is 10.9. The van der Waals surface area contributed by atoms with Crippen LogP contribution in [0.5, 0.6) is 0 Å². The summed E-state index contributed by atoms with van der Waals surface area (Å²) in [5.41, 5.74) is 7.76. The number of carbonyl (C=O) groups excluding carboxylic acids is 1. The van der Waals surface area contributed by atoms with E-state index in [1.54, 1.807) is 36.4 Å². The molecule has 0 heterocycles. The van der Waals surface area contributed by atoms with Crippen molar-refractivity contribution in [3.63, 3.8) is 0 Å². The molecule has 0 fully saturated rings. The summed E-state index contributed by atoms with van der Waals surface area (Å²) in [6, 6.07) is 14.6. The molecule has 0 saturated carbocycles. The van der Waals surface area contributed by atoms with Gasteiger partial charge in [0, 0.05) is 16.3 Å². The van der Waals surface area contributed by atoms with E-state index >= 15 is 0 Å². The zero-order valence-electron chi connectivity index (χ0n) is 12.9. The van der Waals surface area contributed by atoms with Crippen molar-refractivity contribution in [2.24, 2.45) is 0 Å². The van der Waals surface area contributed by atoms with Gasteiger partial charge in [-0.1, -0.05) is 37.6 Å². The number of hydrazine groups is 1. The molecule has 6 heteroatoms. The second-order valence-corrected chi connectivity index (χ2v) is 6.16. The smallest absolute Gasteiger partial charge is 0.269 e. The van der Waals surface area contributed by atoms with Crippen LogP contribution in [0.15, 0.2) is 48.5 Å². The fourth-order valence-corrected chi connectivity index (χ4v) is 2.20. The lowest BCUT2D eigenvalue weighted by Gasteiger charge is -2.12. The Kier molecular flexibility index (Phi) is 5.96. The minimum Gasteiger partial charge on any atom is -0.331 e. The Morgan fingerprint density at radius 1 is 1.00 bits per heavy atom. The van der Waals surface area contributed by atoms with Crippen molar-refractivity contribution in [2.75, 3.05) is 5.32 Å². The van der Waals surface area contributed by atoms with Crippen LogP contribution in [0.1, 0.15) is 35.7 Å². The van der Waals surface area contributed by atoms with Crippen molar-refractivity contribution in [2.45, 2.75) is 19.8 Å². The van der Waals surface area contributed by atoms with Crippen LogP contribution < -0.4 is 16.2 Å². The first-order chi connectivity index (χ1) is 11.0. The fraction of sp³-hybridized carbons (Fsp3) is 0.176. The normalized spacial score (nSPS) is 10.3. The largest absolute Gasteiger partial charge is 0.331 e. The van der Waals surface area contributed by atoms with Gasteiger partial charge in [-0.15, -0.1) is 0 Å². The van der Waals surface area contributed by atoms with Crippen molar-refractivity contribution < 1.29 is 4.79 Å². The van der Waals surface area contributed by atoms with E-state index in [1.807, 2.05) is 12.1 Å². The molecule has 2 rings (SSSR count). The molecule has 0 saturated heterocycles. The molecule has 0 aliphatic rings. The SMILES string of the molecule is CC(C)c1ccc(C(=O)NNC(=S)Nc2ccc(Cl)cc2)cc1. The van der Waals surface area contributed by atoms with E-state index in [1.165, 1.54) is 5.56 Å². The lowest BCUT2D eigenvalue weighted by Crippen LogP contribution is -2.43. The first-order valence-electron chi connectivity index (χ1n) is 7.18. The first-order valence-corrected chi connectivity index (χ1v) is 7.97. The maximum atomic E-state index is 12.0. The van der Waals surface area contributed by atoms with E-state index in [2.05, 4.69) is 30.0 Å². The molecule has 0 aliphatic carbocycles. The summed E-state index contributed by atoms with van der Waals surface area (Å²) < 4.78 is 0. The number of carbonyl (C=O) groups is 1. The Morgan fingerprint density at radius 2 is 1.61 bits per heavy atom. The maximum absolute atomic E-state index is 12.0. The summed E-state index contributed by atoms with van der Waals surface area (Å²) in [5, 5.41) is 3.88. The standard InChI is InChI=1S/C17H18ClN3OS/c1-11(2)12-3-5-13(6-4-12)16(22)20-21-17(23)19-15-9-7-14(18)8-10-15/h3-11H,1-2H3,(H,20,22)(H2,19,21,23). The number of anilines is 1. The van der Waals surface area contributed by atoms with Crippen molar-refractivity contribution in [1.29, 1.82) is 0 Å². The van der Waals surface area contributed by atoms with Crippen LogP contribution in [0.2, 0.25) is 5.02 Å². The van der Waals surface area contributed by atoms with Crippen molar-refractivity contribution in [1.82, 2.24) is 10.9 Å². The van der Waals surface area contributed by atoms with Crippen LogP contribution in [0, 0.1) is 0 Å². The van der Waals surface area contributed by atoms with Gasteiger partial charge in [-0.3, -0.25) is 15.6 Å². The molecule has 0 bridgehead atoms. The number of benzene rings is 2. The third-order valence-electron chi connectivity index (χ3n) is 3.23. The molecule has 0 radical (unpaired) electrons. The third-order valence-corrected chi connectivity index (χ3v) is 3.69. The van der Waals surface area contributed by atoms with E-state index in [4.69, 9.17) is 23.8 Å². The molecular weight excluding hydrogens is 330 g/mol. The van der Waals surface area contributed by atoms with E-state index in [-0.39, 0.29) is 5.91 Å². The molecule has 0 unspecified atom stereocenters. The Morgan fingerprint density at radius 3 is 2.17 bits per heavy atom. The average Bonchev–Trinajstić information content (AvgIpc) is 2.55. The molecule has 0 spiro atoms. The van der Waals surface area contributed by atoms with Crippen LogP contribution in [0.25, 0.3) is 0 Å². The minimum atomic E-state index is -0.249. The fourth-order valence-electron chi connectivity index (χ4n) is 1.90. The average molecular weight is 348 g/mol. The Hall–Kier alpha value is -2.11. The summed E-state index contributed by atoms with van der Waals surface area (Å²) in [6.07, 6.45) is 0. The van der Waals surface area contributed by atoms with E-state index < -0.39 is 0 Å². The highest BCUT2D eigenvalue weighted by Gasteiger charge is 2.07. The Balaban J connectivity index is 1.85. The first kappa shape index (κ1) is 17.2. The van der Waals surface area contributed by atoms with Gasteiger partial charge in [-0.05, 0) is 60.1 Å². The van der Waals surface area contributed by atoms with Gasteiger partial charge in [-0.2, -0.15) is 0 Å². The molecule has 1 amide bonds. The number of halogens is 1. The number of hydrogen-bond donors (Lipinski definition) is 3. The van der Waals surface area contributed by atoms with Crippen molar-refractivity contribution in [3.8, 4) is 0 Å². The van der Waals surface area contributed by atoms with Gasteiger partial charge >= 0.3 is 0 Å². The summed E-state index contributed by atoms with van der Waals surface area (Å²) in [7, 11) is 0. The van der Waals surface area contributed by atoms with Crippen LogP contribution in [-0.2, 0) is 0 Å². The molecule has 0 atom stereocenters. The van der Waals surface area contributed by atoms with Crippen LogP contribution in [0.4, 0.5) is 5.69 Å². The van der Waals surface area contributed by atoms with Gasteiger partial charge in [-0.25, -0.2) is 0 Å². The molecular formula is C17H18ClN3OS. The third kappa shape index (κ3) is 5.23. The van der Waals surface area contributed by atoms with Crippen LogP contribution in [0.3, 0.4) is 0 Å². The van der Waals surface area contributed by atoms with Crippen LogP contribution >= 0.6 is 23.8 Å². The van der Waals surface area contributed by atoms with Gasteiger partial charge in [0.05, 0.1) is 0 Å². The predicted molar refractivity (Wildman–Crippen MR) is 98.8 cm³/mol. The second-order valence-electron chi connectivity index (χ2n) is 5.32. The molecule has 2 aromatic carbocycles. The zero-order valence-corrected chi connectivity index (χ0v) is 14.5. The van der Waals surface area contributed by atoms with Gasteiger partial charge in [0.2, 0.25) is 0 Å². The molecule has 2 aromatic rings. The van der Waals surface area contributed by atoms with E-state index in [0.29, 0.717) is 21.6 Å². The topological polar surface area (TPSA) is 53.2 Å². The highest BCUT2D eigenvalue weighted by atomic mass is 35.5. The van der Waals surface area contributed by atoms with Gasteiger partial charge in [0.25, 0.3) is 5.91 Å². The van der Waals surface area contributed by atoms with E-state index in [0.717, 1.165) is 5.69 Å². The molecule has 23 heavy (non-hydrogen) atoms. The second kappa shape index (κ2) is 7.94. The lowest BCUT2D eigenvalue weighted by molar-refractivity contribution is 0.0944. The van der Waals surface area contributed by atoms with Crippen LogP contribution in [-0.4, -0.2) is 11.0 Å². The molecule has 3 N–H and O–H groups in total. The number of thiocarbonyl (C=S) groups is 1. The quantitative estimate of drug-likeness (QED) is 0.578. The van der Waals surface area contributed by atoms with Crippen molar-refractivity contribution >= 4 is 40.5 Å². The zero-order chi connectivity index (χ0) is 16.8. The Bertz CT molecular complexity index is 684. The number of rotatable bonds is 3. The molecule has 4 nitrogen and oxygen atoms in total. The minimum absolute atomic E-state index is 0.249. The predicted octanol–water partition coefficient (Wildman–Crippen LogP) is 4.09. The van der Waals surface area contributed by atoms with Gasteiger partial charge in [0.15, 0.2) is 5.11 Å². The lowest BCUT2D eigenvalue weighted by atomic mass is 10.0. The van der Waals surface area contributed by atoms with Crippen molar-refractivity contribution in [3.05, 3.63) is 64.7 Å². The highest BCUT2D eigenvalue weighted by Crippen LogP contribution is 2.15. The number of amides is 1. The monoisotopic (exact) mass is 347 g/mol. The summed E-state index contributed by atoms with van der Waals surface area (Å²) in [6.45, 7) is 4.22. The van der Waals surface area contributed by atoms with Gasteiger partial charge in [0.1, 0.15) is 0 Å². The molecule has 0 aliphatic heterocycles. The number of nitrogens with one attached hydrogen (secondary N) is 3. The highest BCUT2D eigenvalue weighted by molar-refractivity contribution is 7.80. The summed E-state index contributed by atoms with van der Waals surface area (Å²) in [5.74, 6) is 0.182. The van der Waals surface area contributed by atoms with Gasteiger partial charge < -0.3 is 5.32 Å². The molecule has 120 valence electrons. The van der Waals surface area contributed by atoms with E-state index in [9.17, 15) is 4.79 Å². The molecule has 0 aromatic heterocycles. The summed E-state index contributed by atoms with van der Waals surface area (Å²) in [4.78, 5) is 12.0. The Labute approximate surface area is 146 Å². The number of hydrogen-bond acceptors (Lipinski definition) is 2. The maximum Gasteiger partial charge on any atom is 0.269 e.